The largest absolute Gasteiger partial charge is 0.481 e. The molecule has 0 saturated heterocycles. The van der Waals surface area contributed by atoms with Gasteiger partial charge in [0.2, 0.25) is 5.88 Å². The molecule has 1 aliphatic rings. The van der Waals surface area contributed by atoms with Crippen molar-refractivity contribution in [1.29, 1.82) is 0 Å². The molecule has 0 aromatic carbocycles. The van der Waals surface area contributed by atoms with Crippen LogP contribution in [0.15, 0.2) is 34.2 Å². The second-order valence-electron chi connectivity index (χ2n) is 5.92. The van der Waals surface area contributed by atoms with Gasteiger partial charge in [-0.25, -0.2) is 15.0 Å². The summed E-state index contributed by atoms with van der Waals surface area (Å²) < 4.78 is 5.09. The third kappa shape index (κ3) is 3.45. The van der Waals surface area contributed by atoms with Crippen LogP contribution in [-0.4, -0.2) is 62.5 Å². The number of pyridine rings is 1. The van der Waals surface area contributed by atoms with E-state index in [1.54, 1.807) is 31.9 Å². The lowest BCUT2D eigenvalue weighted by molar-refractivity contribution is 0.0975. The van der Waals surface area contributed by atoms with Gasteiger partial charge in [-0.1, -0.05) is 0 Å². The number of hydrogen-bond acceptors (Lipinski definition) is 8. The van der Waals surface area contributed by atoms with Crippen molar-refractivity contribution in [3.63, 3.8) is 0 Å². The van der Waals surface area contributed by atoms with Crippen LogP contribution in [0.3, 0.4) is 0 Å². The molecule has 26 heavy (non-hydrogen) atoms. The highest BCUT2D eigenvalue weighted by atomic mass is 32.1. The molecular weight excluding hydrogens is 350 g/mol. The number of carbonyl (C=O) groups excluding carboxylic acids is 1. The normalized spacial score (nSPS) is 14.8. The lowest BCUT2D eigenvalue weighted by Gasteiger charge is -2.14. The van der Waals surface area contributed by atoms with Gasteiger partial charge in [0.25, 0.3) is 0 Å². The van der Waals surface area contributed by atoms with E-state index in [2.05, 4.69) is 15.0 Å². The number of fused-ring (bicyclic) bond motifs is 3. The number of Topliss-reactive ketones (excluding diaryl/α,β-unsaturated/α-hetero) is 1. The smallest absolute Gasteiger partial charge is 0.208 e. The van der Waals surface area contributed by atoms with E-state index < -0.39 is 0 Å². The number of aliphatic imine (C=N–C) groups is 2. The summed E-state index contributed by atoms with van der Waals surface area (Å²) in [6.45, 7) is 2.58. The number of ether oxygens (including phenoxy) is 1. The van der Waals surface area contributed by atoms with Crippen molar-refractivity contribution in [3.8, 4) is 0 Å². The first-order valence-corrected chi connectivity index (χ1v) is 9.00. The molecular formula is C18H21N5O2S. The minimum absolute atomic E-state index is 0.0385. The SMILES string of the molecule is C/C=C(\N=C/CN1C=Nc2c(sc3nccc(N(C)C)c23)C(=O)C1)OC. The molecule has 0 amide bonds. The van der Waals surface area contributed by atoms with Crippen molar-refractivity contribution in [2.24, 2.45) is 9.98 Å². The summed E-state index contributed by atoms with van der Waals surface area (Å²) in [5, 5.41) is 0.924. The molecule has 2 aromatic heterocycles. The summed E-state index contributed by atoms with van der Waals surface area (Å²) in [4.78, 5) is 31.3. The highest BCUT2D eigenvalue weighted by molar-refractivity contribution is 7.21. The van der Waals surface area contributed by atoms with Gasteiger partial charge in [0.05, 0.1) is 43.3 Å². The molecule has 0 radical (unpaired) electrons. The number of anilines is 1. The predicted molar refractivity (Wildman–Crippen MR) is 107 cm³/mol. The van der Waals surface area contributed by atoms with Crippen molar-refractivity contribution >= 4 is 51.3 Å². The lowest BCUT2D eigenvalue weighted by atomic mass is 10.2. The van der Waals surface area contributed by atoms with Crippen LogP contribution in [0.5, 0.6) is 0 Å². The standard InChI is InChI=1S/C18H21N5O2S/c1-5-14(25-4)19-8-9-23-10-13(24)17-16(21-11-23)15-12(22(2)3)6-7-20-18(15)26-17/h5-8,11H,9-10H2,1-4H3/b14-5+,19-8-. The van der Waals surface area contributed by atoms with Gasteiger partial charge >= 0.3 is 0 Å². The Hall–Kier alpha value is -2.74. The number of nitrogens with zero attached hydrogens (tertiary/aromatic N) is 5. The minimum atomic E-state index is 0.0385. The third-order valence-electron chi connectivity index (χ3n) is 3.97. The molecule has 0 unspecified atom stereocenters. The van der Waals surface area contributed by atoms with Gasteiger partial charge in [-0.15, -0.1) is 11.3 Å². The molecule has 0 atom stereocenters. The molecule has 2 aromatic rings. The van der Waals surface area contributed by atoms with Gasteiger partial charge in [-0.2, -0.15) is 0 Å². The van der Waals surface area contributed by atoms with Crippen LogP contribution < -0.4 is 4.90 Å². The van der Waals surface area contributed by atoms with E-state index in [9.17, 15) is 4.79 Å². The highest BCUT2D eigenvalue weighted by Crippen LogP contribution is 2.42. The Labute approximate surface area is 156 Å². The molecule has 7 nitrogen and oxygen atoms in total. The second kappa shape index (κ2) is 7.65. The maximum absolute atomic E-state index is 12.7. The topological polar surface area (TPSA) is 70.4 Å². The molecule has 3 rings (SSSR count). The van der Waals surface area contributed by atoms with Crippen LogP contribution in [0.25, 0.3) is 10.2 Å². The number of hydrogen-bond donors (Lipinski definition) is 0. The summed E-state index contributed by atoms with van der Waals surface area (Å²) in [5.74, 6) is 0.575. The number of ketones is 1. The van der Waals surface area contributed by atoms with Gasteiger partial charge in [0.15, 0.2) is 5.78 Å². The van der Waals surface area contributed by atoms with E-state index in [0.717, 1.165) is 15.9 Å². The van der Waals surface area contributed by atoms with Crippen molar-refractivity contribution in [3.05, 3.63) is 29.1 Å². The van der Waals surface area contributed by atoms with Crippen LogP contribution >= 0.6 is 11.3 Å². The Morgan fingerprint density at radius 1 is 1.50 bits per heavy atom. The molecule has 0 N–H and O–H groups in total. The van der Waals surface area contributed by atoms with Gasteiger partial charge < -0.3 is 14.5 Å². The Kier molecular flexibility index (Phi) is 5.32. The maximum atomic E-state index is 12.7. The number of carbonyl (C=O) groups is 1. The zero-order valence-corrected chi connectivity index (χ0v) is 16.1. The number of thiophene rings is 1. The first kappa shape index (κ1) is 18.1. The Balaban J connectivity index is 1.93. The second-order valence-corrected chi connectivity index (χ2v) is 6.92. The molecule has 0 saturated carbocycles. The summed E-state index contributed by atoms with van der Waals surface area (Å²) in [7, 11) is 5.51. The van der Waals surface area contributed by atoms with Gasteiger partial charge in [-0.05, 0) is 19.1 Å². The van der Waals surface area contributed by atoms with E-state index in [-0.39, 0.29) is 12.3 Å². The molecule has 0 spiro atoms. The predicted octanol–water partition coefficient (Wildman–Crippen LogP) is 3.10. The fourth-order valence-electron chi connectivity index (χ4n) is 2.71. The van der Waals surface area contributed by atoms with Crippen molar-refractivity contribution in [2.75, 3.05) is 39.2 Å². The molecule has 1 aliphatic heterocycles. The van der Waals surface area contributed by atoms with Crippen LogP contribution in [0.2, 0.25) is 0 Å². The average Bonchev–Trinajstić information content (AvgIpc) is 2.94. The van der Waals surface area contributed by atoms with Crippen LogP contribution in [-0.2, 0) is 4.74 Å². The quantitative estimate of drug-likeness (QED) is 0.597. The summed E-state index contributed by atoms with van der Waals surface area (Å²) in [5.41, 5.74) is 1.71. The van der Waals surface area contributed by atoms with Gasteiger partial charge in [0.1, 0.15) is 9.71 Å². The minimum Gasteiger partial charge on any atom is -0.481 e. The zero-order chi connectivity index (χ0) is 18.7. The van der Waals surface area contributed by atoms with Crippen molar-refractivity contribution < 1.29 is 9.53 Å². The molecule has 8 heteroatoms. The summed E-state index contributed by atoms with van der Waals surface area (Å²) >= 11 is 1.40. The van der Waals surface area contributed by atoms with Crippen molar-refractivity contribution in [2.45, 2.75) is 6.92 Å². The Morgan fingerprint density at radius 3 is 3.00 bits per heavy atom. The van der Waals surface area contributed by atoms with Gasteiger partial charge in [-0.3, -0.25) is 4.79 Å². The molecule has 3 heterocycles. The molecule has 0 aliphatic carbocycles. The van der Waals surface area contributed by atoms with E-state index in [1.165, 1.54) is 11.3 Å². The highest BCUT2D eigenvalue weighted by Gasteiger charge is 2.24. The summed E-state index contributed by atoms with van der Waals surface area (Å²) in [6.07, 6.45) is 6.95. The average molecular weight is 371 g/mol. The van der Waals surface area contributed by atoms with Crippen LogP contribution in [0, 0.1) is 0 Å². The van der Waals surface area contributed by atoms with Gasteiger partial charge in [0, 0.05) is 26.5 Å². The zero-order valence-electron chi connectivity index (χ0n) is 15.3. The monoisotopic (exact) mass is 371 g/mol. The number of allylic oxidation sites excluding steroid dienone is 1. The Morgan fingerprint density at radius 2 is 2.31 bits per heavy atom. The molecule has 0 fully saturated rings. The fraction of sp³-hybridized carbons (Fsp3) is 0.333. The van der Waals surface area contributed by atoms with E-state index >= 15 is 0 Å². The summed E-state index contributed by atoms with van der Waals surface area (Å²) in [6, 6.07) is 1.94. The first-order valence-electron chi connectivity index (χ1n) is 8.18. The van der Waals surface area contributed by atoms with E-state index in [4.69, 9.17) is 4.74 Å². The number of aromatic nitrogens is 1. The molecule has 0 bridgehead atoms. The maximum Gasteiger partial charge on any atom is 0.208 e. The number of rotatable bonds is 5. The number of methoxy groups -OCH3 is 1. The molecule has 136 valence electrons. The first-order chi connectivity index (χ1) is 12.5. The fourth-order valence-corrected chi connectivity index (χ4v) is 3.75. The third-order valence-corrected chi connectivity index (χ3v) is 5.10. The van der Waals surface area contributed by atoms with Crippen LogP contribution in [0.1, 0.15) is 16.6 Å². The van der Waals surface area contributed by atoms with Crippen LogP contribution in [0.4, 0.5) is 11.4 Å². The van der Waals surface area contributed by atoms with E-state index in [1.807, 2.05) is 36.9 Å². The Bertz CT molecular complexity index is 914. The van der Waals surface area contributed by atoms with Crippen molar-refractivity contribution in [1.82, 2.24) is 9.88 Å². The van der Waals surface area contributed by atoms with E-state index in [0.29, 0.717) is 23.0 Å². The lowest BCUT2D eigenvalue weighted by Crippen LogP contribution is -2.29.